The van der Waals surface area contributed by atoms with Crippen LogP contribution in [0.2, 0.25) is 0 Å². The van der Waals surface area contributed by atoms with Gasteiger partial charge in [0.1, 0.15) is 18.1 Å². The van der Waals surface area contributed by atoms with Crippen molar-refractivity contribution in [1.29, 1.82) is 0 Å². The number of thiophene rings is 1. The van der Waals surface area contributed by atoms with Crippen molar-refractivity contribution >= 4 is 33.0 Å². The van der Waals surface area contributed by atoms with Crippen LogP contribution in [0.5, 0.6) is 11.5 Å². The zero-order valence-electron chi connectivity index (χ0n) is 20.0. The number of halogens is 1. The van der Waals surface area contributed by atoms with Crippen molar-refractivity contribution in [3.8, 4) is 22.8 Å². The second kappa shape index (κ2) is 11.4. The number of rotatable bonds is 11. The zero-order chi connectivity index (χ0) is 25.7. The maximum atomic E-state index is 14.2. The van der Waals surface area contributed by atoms with Crippen LogP contribution < -0.4 is 9.47 Å². The molecular formula is C28H26FNO5S. The van der Waals surface area contributed by atoms with Crippen molar-refractivity contribution < 1.29 is 28.6 Å². The molecule has 4 rings (SSSR count). The Morgan fingerprint density at radius 2 is 1.86 bits per heavy atom. The number of ether oxygens (including phenoxy) is 2. The SMILES string of the molecule is CCc1ccc(C(=O)CCC(=O)c2ccc(OCCO)c(OC)c2)nc1-c1csc2c(F)cccc12. The molecule has 0 spiro atoms. The van der Waals surface area contributed by atoms with E-state index in [2.05, 4.69) is 4.98 Å². The van der Waals surface area contributed by atoms with Gasteiger partial charge in [0, 0.05) is 34.7 Å². The molecule has 0 aliphatic carbocycles. The molecule has 0 saturated carbocycles. The van der Waals surface area contributed by atoms with Gasteiger partial charge < -0.3 is 14.6 Å². The smallest absolute Gasteiger partial charge is 0.181 e. The van der Waals surface area contributed by atoms with E-state index in [9.17, 15) is 14.0 Å². The number of hydrogen-bond donors (Lipinski definition) is 1. The summed E-state index contributed by atoms with van der Waals surface area (Å²) in [5.41, 5.74) is 3.10. The van der Waals surface area contributed by atoms with E-state index in [0.29, 0.717) is 33.9 Å². The Kier molecular flexibility index (Phi) is 8.07. The summed E-state index contributed by atoms with van der Waals surface area (Å²) >= 11 is 1.31. The summed E-state index contributed by atoms with van der Waals surface area (Å²) in [5.74, 6) is 0.0688. The highest BCUT2D eigenvalue weighted by molar-refractivity contribution is 7.17. The summed E-state index contributed by atoms with van der Waals surface area (Å²) in [7, 11) is 1.47. The van der Waals surface area contributed by atoms with Gasteiger partial charge in [-0.15, -0.1) is 11.3 Å². The Labute approximate surface area is 212 Å². The van der Waals surface area contributed by atoms with Gasteiger partial charge in [0.05, 0.1) is 24.1 Å². The summed E-state index contributed by atoms with van der Waals surface area (Å²) < 4.78 is 25.5. The topological polar surface area (TPSA) is 85.7 Å². The van der Waals surface area contributed by atoms with Gasteiger partial charge in [0.2, 0.25) is 0 Å². The molecule has 0 radical (unpaired) electrons. The molecule has 8 heteroatoms. The van der Waals surface area contributed by atoms with Crippen molar-refractivity contribution in [3.63, 3.8) is 0 Å². The molecule has 2 heterocycles. The van der Waals surface area contributed by atoms with Gasteiger partial charge in [-0.2, -0.15) is 0 Å². The Balaban J connectivity index is 1.52. The highest BCUT2D eigenvalue weighted by Crippen LogP contribution is 2.36. The van der Waals surface area contributed by atoms with Crippen LogP contribution in [-0.4, -0.2) is 42.0 Å². The van der Waals surface area contributed by atoms with Crippen LogP contribution in [0.25, 0.3) is 21.3 Å². The molecule has 0 aliphatic rings. The van der Waals surface area contributed by atoms with Gasteiger partial charge in [-0.05, 0) is 42.3 Å². The van der Waals surface area contributed by atoms with Gasteiger partial charge in [-0.3, -0.25) is 9.59 Å². The summed E-state index contributed by atoms with van der Waals surface area (Å²) in [6, 6.07) is 13.3. The number of aliphatic hydroxyl groups excluding tert-OH is 1. The molecule has 0 bridgehead atoms. The van der Waals surface area contributed by atoms with Crippen LogP contribution in [0.1, 0.15) is 46.2 Å². The first-order valence-corrected chi connectivity index (χ1v) is 12.5. The Bertz CT molecular complexity index is 1410. The van der Waals surface area contributed by atoms with Crippen LogP contribution in [0.4, 0.5) is 4.39 Å². The van der Waals surface area contributed by atoms with Crippen molar-refractivity contribution in [2.24, 2.45) is 0 Å². The first kappa shape index (κ1) is 25.5. The lowest BCUT2D eigenvalue weighted by Crippen LogP contribution is -2.09. The Hall–Kier alpha value is -3.62. The van der Waals surface area contributed by atoms with Crippen LogP contribution in [0.15, 0.2) is 53.9 Å². The fourth-order valence-corrected chi connectivity index (χ4v) is 4.94. The molecule has 0 fully saturated rings. The monoisotopic (exact) mass is 507 g/mol. The quantitative estimate of drug-likeness (QED) is 0.255. The molecule has 0 aliphatic heterocycles. The molecule has 186 valence electrons. The lowest BCUT2D eigenvalue weighted by Gasteiger charge is -2.11. The number of aliphatic hydroxyl groups is 1. The van der Waals surface area contributed by atoms with Crippen LogP contribution >= 0.6 is 11.3 Å². The van der Waals surface area contributed by atoms with Crippen molar-refractivity contribution in [1.82, 2.24) is 4.98 Å². The lowest BCUT2D eigenvalue weighted by atomic mass is 10.00. The zero-order valence-corrected chi connectivity index (χ0v) is 20.9. The lowest BCUT2D eigenvalue weighted by molar-refractivity contribution is 0.0915. The predicted octanol–water partition coefficient (Wildman–Crippen LogP) is 5.89. The molecule has 0 amide bonds. The van der Waals surface area contributed by atoms with Gasteiger partial charge in [-0.25, -0.2) is 9.37 Å². The second-order valence-electron chi connectivity index (χ2n) is 8.11. The maximum absolute atomic E-state index is 14.2. The number of pyridine rings is 1. The third-order valence-electron chi connectivity index (χ3n) is 5.87. The van der Waals surface area contributed by atoms with E-state index in [1.54, 1.807) is 30.3 Å². The van der Waals surface area contributed by atoms with Crippen molar-refractivity contribution in [2.45, 2.75) is 26.2 Å². The second-order valence-corrected chi connectivity index (χ2v) is 8.99. The first-order valence-electron chi connectivity index (χ1n) is 11.6. The van der Waals surface area contributed by atoms with Crippen molar-refractivity contribution in [2.75, 3.05) is 20.3 Å². The fraction of sp³-hybridized carbons (Fsp3) is 0.250. The first-order chi connectivity index (χ1) is 17.5. The molecule has 36 heavy (non-hydrogen) atoms. The number of aryl methyl sites for hydroxylation is 1. The number of methoxy groups -OCH3 is 1. The Morgan fingerprint density at radius 1 is 1.06 bits per heavy atom. The van der Waals surface area contributed by atoms with E-state index in [1.165, 1.54) is 24.5 Å². The largest absolute Gasteiger partial charge is 0.493 e. The summed E-state index contributed by atoms with van der Waals surface area (Å²) in [5, 5.41) is 11.6. The van der Waals surface area contributed by atoms with Crippen LogP contribution in [0.3, 0.4) is 0 Å². The van der Waals surface area contributed by atoms with Gasteiger partial charge in [0.15, 0.2) is 23.1 Å². The summed E-state index contributed by atoms with van der Waals surface area (Å²) in [6.07, 6.45) is 0.723. The number of nitrogens with zero attached hydrogens (tertiary/aromatic N) is 1. The highest BCUT2D eigenvalue weighted by Gasteiger charge is 2.18. The number of carbonyl (C=O) groups excluding carboxylic acids is 2. The number of hydrogen-bond acceptors (Lipinski definition) is 7. The number of carbonyl (C=O) groups is 2. The van der Waals surface area contributed by atoms with Gasteiger partial charge in [0.25, 0.3) is 0 Å². The molecule has 1 N–H and O–H groups in total. The van der Waals surface area contributed by atoms with Crippen molar-refractivity contribution in [3.05, 3.63) is 76.5 Å². The number of fused-ring (bicyclic) bond motifs is 1. The molecule has 6 nitrogen and oxygen atoms in total. The van der Waals surface area contributed by atoms with Crippen LogP contribution in [-0.2, 0) is 6.42 Å². The number of benzene rings is 2. The molecule has 0 unspecified atom stereocenters. The van der Waals surface area contributed by atoms with Gasteiger partial charge in [-0.1, -0.05) is 25.1 Å². The van der Waals surface area contributed by atoms with E-state index >= 15 is 0 Å². The minimum Gasteiger partial charge on any atom is -0.493 e. The number of Topliss-reactive ketones (excluding diaryl/α,β-unsaturated/α-hetero) is 2. The average molecular weight is 508 g/mol. The number of ketones is 2. The van der Waals surface area contributed by atoms with Crippen LogP contribution in [0, 0.1) is 5.82 Å². The van der Waals surface area contributed by atoms with E-state index in [1.807, 2.05) is 24.4 Å². The summed E-state index contributed by atoms with van der Waals surface area (Å²) in [4.78, 5) is 30.4. The predicted molar refractivity (Wildman–Crippen MR) is 138 cm³/mol. The van der Waals surface area contributed by atoms with E-state index in [0.717, 1.165) is 16.5 Å². The minimum absolute atomic E-state index is 0.000830. The molecule has 4 aromatic rings. The third-order valence-corrected chi connectivity index (χ3v) is 6.87. The fourth-order valence-electron chi connectivity index (χ4n) is 3.98. The highest BCUT2D eigenvalue weighted by atomic mass is 32.1. The van der Waals surface area contributed by atoms with E-state index in [4.69, 9.17) is 14.6 Å². The third kappa shape index (κ3) is 5.29. The summed E-state index contributed by atoms with van der Waals surface area (Å²) in [6.45, 7) is 1.98. The van der Waals surface area contributed by atoms with E-state index < -0.39 is 0 Å². The Morgan fingerprint density at radius 3 is 2.61 bits per heavy atom. The molecule has 0 saturated heterocycles. The maximum Gasteiger partial charge on any atom is 0.181 e. The number of aromatic nitrogens is 1. The van der Waals surface area contributed by atoms with E-state index in [-0.39, 0.29) is 49.1 Å². The molecule has 2 aromatic carbocycles. The minimum atomic E-state index is -0.280. The molecule has 0 atom stereocenters. The molecular weight excluding hydrogens is 481 g/mol. The average Bonchev–Trinajstić information content (AvgIpc) is 3.35. The molecule has 2 aromatic heterocycles. The normalized spacial score (nSPS) is 11.0. The van der Waals surface area contributed by atoms with Gasteiger partial charge >= 0.3 is 0 Å². The standard InChI is InChI=1S/C28H26FNO5S/c1-3-17-7-9-22(30-27(17)20-16-36-28-19(20)5-4-6-21(28)29)24(33)11-10-23(32)18-8-12-25(35-14-13-31)26(15-18)34-2/h4-9,12,15-16,31H,3,10-11,13-14H2,1-2H3.